The summed E-state index contributed by atoms with van der Waals surface area (Å²) in [5.41, 5.74) is 0.0109. The molecule has 0 N–H and O–H groups in total. The largest absolute Gasteiger partial charge is 0.489 e. The fourth-order valence-electron chi connectivity index (χ4n) is 2.23. The summed E-state index contributed by atoms with van der Waals surface area (Å²) in [5, 5.41) is 19.7. The van der Waals surface area contributed by atoms with Crippen LogP contribution in [0.5, 0.6) is 5.75 Å². The van der Waals surface area contributed by atoms with Gasteiger partial charge >= 0.3 is 0 Å². The normalized spacial score (nSPS) is 23.1. The van der Waals surface area contributed by atoms with Gasteiger partial charge in [0.05, 0.1) is 23.0 Å². The summed E-state index contributed by atoms with van der Waals surface area (Å²) in [5.74, 6) is 0.356. The third-order valence-electron chi connectivity index (χ3n) is 3.18. The van der Waals surface area contributed by atoms with Crippen molar-refractivity contribution < 1.29 is 9.66 Å². The first-order valence-corrected chi connectivity index (χ1v) is 6.01. The summed E-state index contributed by atoms with van der Waals surface area (Å²) in [4.78, 5) is 10.2. The van der Waals surface area contributed by atoms with Gasteiger partial charge in [0.25, 0.3) is 5.69 Å². The number of hydrogen-bond acceptors (Lipinski definition) is 4. The summed E-state index contributed by atoms with van der Waals surface area (Å²) in [6.45, 7) is 0. The average Bonchev–Trinajstić information content (AvgIpc) is 2.39. The maximum atomic E-state index is 10.7. The van der Waals surface area contributed by atoms with Crippen LogP contribution in [0.25, 0.3) is 0 Å². The van der Waals surface area contributed by atoms with Crippen LogP contribution in [-0.4, -0.2) is 11.0 Å². The fraction of sp³-hybridized carbons (Fsp3) is 0.462. The molecule has 5 nitrogen and oxygen atoms in total. The van der Waals surface area contributed by atoms with Crippen LogP contribution >= 0.6 is 0 Å². The maximum Gasteiger partial charge on any atom is 0.273 e. The molecule has 0 spiro atoms. The Morgan fingerprint density at radius 3 is 2.89 bits per heavy atom. The number of non-ortho nitro benzene ring substituents is 1. The number of ether oxygens (including phenoxy) is 1. The van der Waals surface area contributed by atoms with Crippen LogP contribution in [0.4, 0.5) is 5.69 Å². The minimum Gasteiger partial charge on any atom is -0.489 e. The number of nitro benzene ring substituents is 1. The van der Waals surface area contributed by atoms with Crippen LogP contribution in [0, 0.1) is 27.4 Å². The predicted octanol–water partition coefficient (Wildman–Crippen LogP) is 3.06. The predicted molar refractivity (Wildman–Crippen MR) is 65.1 cm³/mol. The van der Waals surface area contributed by atoms with Gasteiger partial charge in [0.2, 0.25) is 0 Å². The molecule has 0 aliphatic heterocycles. The number of nitrogens with zero attached hydrogens (tertiary/aromatic N) is 2. The molecule has 1 fully saturated rings. The molecule has 0 bridgehead atoms. The Morgan fingerprint density at radius 2 is 2.17 bits per heavy atom. The lowest BCUT2D eigenvalue weighted by molar-refractivity contribution is -0.385. The lowest BCUT2D eigenvalue weighted by Crippen LogP contribution is -2.29. The molecule has 2 atom stereocenters. The SMILES string of the molecule is N#CC1CCCCC1Oc1cccc([N+](=O)[O-])c1. The van der Waals surface area contributed by atoms with Crippen LogP contribution in [0.15, 0.2) is 24.3 Å². The van der Waals surface area contributed by atoms with E-state index in [1.165, 1.54) is 12.1 Å². The van der Waals surface area contributed by atoms with E-state index in [9.17, 15) is 10.1 Å². The second-order valence-corrected chi connectivity index (χ2v) is 4.43. The van der Waals surface area contributed by atoms with Crippen molar-refractivity contribution in [3.8, 4) is 11.8 Å². The first kappa shape index (κ1) is 12.4. The fourth-order valence-corrected chi connectivity index (χ4v) is 2.23. The van der Waals surface area contributed by atoms with Crippen LogP contribution in [0.1, 0.15) is 25.7 Å². The molecule has 94 valence electrons. The summed E-state index contributed by atoms with van der Waals surface area (Å²) in [6, 6.07) is 8.37. The van der Waals surface area contributed by atoms with Crippen molar-refractivity contribution >= 4 is 5.69 Å². The van der Waals surface area contributed by atoms with E-state index in [0.717, 1.165) is 25.7 Å². The van der Waals surface area contributed by atoms with Crippen molar-refractivity contribution in [1.29, 1.82) is 5.26 Å². The number of nitro groups is 1. The Morgan fingerprint density at radius 1 is 1.39 bits per heavy atom. The summed E-state index contributed by atoms with van der Waals surface area (Å²) < 4.78 is 5.72. The number of benzene rings is 1. The summed E-state index contributed by atoms with van der Waals surface area (Å²) >= 11 is 0. The van der Waals surface area contributed by atoms with Crippen LogP contribution in [-0.2, 0) is 0 Å². The number of rotatable bonds is 3. The third-order valence-corrected chi connectivity index (χ3v) is 3.18. The van der Waals surface area contributed by atoms with Gasteiger partial charge in [0, 0.05) is 6.07 Å². The van der Waals surface area contributed by atoms with Crippen molar-refractivity contribution in [2.45, 2.75) is 31.8 Å². The first-order chi connectivity index (χ1) is 8.70. The lowest BCUT2D eigenvalue weighted by atomic mass is 9.87. The molecule has 2 unspecified atom stereocenters. The quantitative estimate of drug-likeness (QED) is 0.606. The zero-order valence-electron chi connectivity index (χ0n) is 9.91. The monoisotopic (exact) mass is 246 g/mol. The topological polar surface area (TPSA) is 76.2 Å². The Hall–Kier alpha value is -2.09. The minimum absolute atomic E-state index is 0.0109. The molecule has 0 amide bonds. The van der Waals surface area contributed by atoms with E-state index in [-0.39, 0.29) is 17.7 Å². The maximum absolute atomic E-state index is 10.7. The third kappa shape index (κ3) is 2.77. The molecule has 0 saturated heterocycles. The average molecular weight is 246 g/mol. The van der Waals surface area contributed by atoms with E-state index in [0.29, 0.717) is 5.75 Å². The first-order valence-electron chi connectivity index (χ1n) is 6.01. The summed E-state index contributed by atoms with van der Waals surface area (Å²) in [7, 11) is 0. The van der Waals surface area contributed by atoms with Crippen LogP contribution in [0.3, 0.4) is 0 Å². The molecular formula is C13H14N2O3. The minimum atomic E-state index is -0.449. The molecule has 1 aliphatic rings. The molecule has 1 aliphatic carbocycles. The highest BCUT2D eigenvalue weighted by atomic mass is 16.6. The highest BCUT2D eigenvalue weighted by molar-refractivity contribution is 5.38. The van der Waals surface area contributed by atoms with Gasteiger partial charge in [-0.05, 0) is 25.3 Å². The van der Waals surface area contributed by atoms with Crippen LogP contribution < -0.4 is 4.74 Å². The second kappa shape index (κ2) is 5.50. The highest BCUT2D eigenvalue weighted by Gasteiger charge is 2.26. The van der Waals surface area contributed by atoms with Gasteiger partial charge in [-0.25, -0.2) is 0 Å². The molecule has 0 radical (unpaired) electrons. The smallest absolute Gasteiger partial charge is 0.273 e. The van der Waals surface area contributed by atoms with Crippen molar-refractivity contribution in [2.75, 3.05) is 0 Å². The van der Waals surface area contributed by atoms with Gasteiger partial charge in [-0.3, -0.25) is 10.1 Å². The molecule has 0 heterocycles. The van der Waals surface area contributed by atoms with E-state index in [1.54, 1.807) is 12.1 Å². The van der Waals surface area contributed by atoms with Gasteiger partial charge in [-0.1, -0.05) is 12.5 Å². The van der Waals surface area contributed by atoms with E-state index in [4.69, 9.17) is 10.00 Å². The Bertz CT molecular complexity index is 481. The van der Waals surface area contributed by atoms with Crippen molar-refractivity contribution in [2.24, 2.45) is 5.92 Å². The molecule has 1 aromatic carbocycles. The van der Waals surface area contributed by atoms with E-state index in [1.807, 2.05) is 0 Å². The summed E-state index contributed by atoms with van der Waals surface area (Å²) in [6.07, 6.45) is 3.62. The molecular weight excluding hydrogens is 232 g/mol. The van der Waals surface area contributed by atoms with Crippen LogP contribution in [0.2, 0.25) is 0 Å². The van der Waals surface area contributed by atoms with Crippen molar-refractivity contribution in [3.05, 3.63) is 34.4 Å². The molecule has 18 heavy (non-hydrogen) atoms. The van der Waals surface area contributed by atoms with E-state index >= 15 is 0 Å². The van der Waals surface area contributed by atoms with Crippen molar-refractivity contribution in [3.63, 3.8) is 0 Å². The van der Waals surface area contributed by atoms with Gasteiger partial charge in [0.15, 0.2) is 0 Å². The standard InChI is InChI=1S/C13H14N2O3/c14-9-10-4-1-2-7-13(10)18-12-6-3-5-11(8-12)15(16)17/h3,5-6,8,10,13H,1-2,4,7H2. The highest BCUT2D eigenvalue weighted by Crippen LogP contribution is 2.29. The zero-order chi connectivity index (χ0) is 13.0. The van der Waals surface area contributed by atoms with Gasteiger partial charge in [0.1, 0.15) is 11.9 Å². The number of nitriles is 1. The van der Waals surface area contributed by atoms with Gasteiger partial charge < -0.3 is 4.74 Å². The Kier molecular flexibility index (Phi) is 3.78. The molecule has 0 aromatic heterocycles. The van der Waals surface area contributed by atoms with Gasteiger partial charge in [-0.2, -0.15) is 5.26 Å². The molecule has 5 heteroatoms. The molecule has 2 rings (SSSR count). The zero-order valence-corrected chi connectivity index (χ0v) is 9.91. The molecule has 1 saturated carbocycles. The molecule has 1 aromatic rings. The Labute approximate surface area is 105 Å². The van der Waals surface area contributed by atoms with E-state index in [2.05, 4.69) is 6.07 Å². The van der Waals surface area contributed by atoms with E-state index < -0.39 is 4.92 Å². The van der Waals surface area contributed by atoms with Crippen molar-refractivity contribution in [1.82, 2.24) is 0 Å². The van der Waals surface area contributed by atoms with Gasteiger partial charge in [-0.15, -0.1) is 0 Å². The lowest BCUT2D eigenvalue weighted by Gasteiger charge is -2.27. The second-order valence-electron chi connectivity index (χ2n) is 4.43. The number of hydrogen-bond donors (Lipinski definition) is 0. The Balaban J connectivity index is 2.10.